The summed E-state index contributed by atoms with van der Waals surface area (Å²) in [6, 6.07) is 7.03. The fraction of sp³-hybridized carbons (Fsp3) is 0.600. The number of benzene rings is 1. The summed E-state index contributed by atoms with van der Waals surface area (Å²) in [7, 11) is -3.46. The molecular formula is C15H24N2O3S. The molecule has 1 aliphatic heterocycles. The number of nitrogens with one attached hydrogen (secondary N) is 2. The van der Waals surface area contributed by atoms with Crippen LogP contribution in [0.15, 0.2) is 29.2 Å². The van der Waals surface area contributed by atoms with Gasteiger partial charge >= 0.3 is 0 Å². The van der Waals surface area contributed by atoms with Gasteiger partial charge in [-0.2, -0.15) is 0 Å². The zero-order chi connectivity index (χ0) is 15.3. The molecule has 0 aliphatic carbocycles. The number of hydrogen-bond acceptors (Lipinski definition) is 4. The third kappa shape index (κ3) is 4.18. The Morgan fingerprint density at radius 2 is 2.10 bits per heavy atom. The summed E-state index contributed by atoms with van der Waals surface area (Å²) in [4.78, 5) is 0.310. The van der Waals surface area contributed by atoms with Crippen molar-refractivity contribution in [3.8, 4) is 0 Å². The highest BCUT2D eigenvalue weighted by atomic mass is 32.2. The molecule has 5 nitrogen and oxygen atoms in total. The molecule has 0 bridgehead atoms. The van der Waals surface area contributed by atoms with E-state index >= 15 is 0 Å². The van der Waals surface area contributed by atoms with Crippen molar-refractivity contribution < 1.29 is 13.2 Å². The third-order valence-corrected chi connectivity index (χ3v) is 5.33. The number of anilines is 1. The SMILES string of the molecule is CCCNS(=O)(=O)c1ccccc1NCC1CCOC1C. The molecule has 1 aromatic carbocycles. The predicted octanol–water partition coefficient (Wildman–Crippen LogP) is 2.21. The van der Waals surface area contributed by atoms with Gasteiger partial charge in [-0.3, -0.25) is 0 Å². The first-order valence-corrected chi connectivity index (χ1v) is 8.97. The second-order valence-corrected chi connectivity index (χ2v) is 7.13. The average molecular weight is 312 g/mol. The van der Waals surface area contributed by atoms with Crippen molar-refractivity contribution in [1.82, 2.24) is 4.72 Å². The van der Waals surface area contributed by atoms with Gasteiger partial charge in [0.05, 0.1) is 11.8 Å². The van der Waals surface area contributed by atoms with Gasteiger partial charge in [0.15, 0.2) is 0 Å². The van der Waals surface area contributed by atoms with Crippen LogP contribution < -0.4 is 10.0 Å². The monoisotopic (exact) mass is 312 g/mol. The Morgan fingerprint density at radius 1 is 1.33 bits per heavy atom. The molecule has 118 valence electrons. The van der Waals surface area contributed by atoms with E-state index in [2.05, 4.69) is 17.0 Å². The zero-order valence-corrected chi connectivity index (χ0v) is 13.4. The summed E-state index contributed by atoms with van der Waals surface area (Å²) in [6.07, 6.45) is 2.00. The van der Waals surface area contributed by atoms with Crippen LogP contribution in [0.1, 0.15) is 26.7 Å². The number of rotatable bonds is 7. The van der Waals surface area contributed by atoms with Gasteiger partial charge in [-0.25, -0.2) is 13.1 Å². The minimum absolute atomic E-state index is 0.222. The lowest BCUT2D eigenvalue weighted by Gasteiger charge is -2.17. The molecule has 0 amide bonds. The van der Waals surface area contributed by atoms with E-state index in [0.717, 1.165) is 26.0 Å². The maximum absolute atomic E-state index is 12.3. The highest BCUT2D eigenvalue weighted by Gasteiger charge is 2.25. The molecule has 0 radical (unpaired) electrons. The van der Waals surface area contributed by atoms with Gasteiger partial charge in [-0.15, -0.1) is 0 Å². The topological polar surface area (TPSA) is 67.4 Å². The zero-order valence-electron chi connectivity index (χ0n) is 12.6. The first-order valence-electron chi connectivity index (χ1n) is 7.48. The van der Waals surface area contributed by atoms with E-state index in [1.54, 1.807) is 18.2 Å². The smallest absolute Gasteiger partial charge is 0.242 e. The van der Waals surface area contributed by atoms with Crippen molar-refractivity contribution in [3.05, 3.63) is 24.3 Å². The normalized spacial score (nSPS) is 22.4. The Balaban J connectivity index is 2.09. The van der Waals surface area contributed by atoms with E-state index in [9.17, 15) is 8.42 Å². The predicted molar refractivity (Wildman–Crippen MR) is 83.9 cm³/mol. The van der Waals surface area contributed by atoms with Crippen molar-refractivity contribution in [2.75, 3.05) is 25.0 Å². The molecule has 0 spiro atoms. The minimum Gasteiger partial charge on any atom is -0.384 e. The van der Waals surface area contributed by atoms with Gasteiger partial charge in [-0.05, 0) is 31.9 Å². The number of sulfonamides is 1. The Bertz CT molecular complexity index is 560. The largest absolute Gasteiger partial charge is 0.384 e. The van der Waals surface area contributed by atoms with E-state index in [0.29, 0.717) is 23.0 Å². The van der Waals surface area contributed by atoms with Crippen LogP contribution in [0.5, 0.6) is 0 Å². The van der Waals surface area contributed by atoms with Crippen molar-refractivity contribution in [1.29, 1.82) is 0 Å². The summed E-state index contributed by atoms with van der Waals surface area (Å²) >= 11 is 0. The summed E-state index contributed by atoms with van der Waals surface area (Å²) in [5.74, 6) is 0.421. The Morgan fingerprint density at radius 3 is 2.76 bits per heavy atom. The lowest BCUT2D eigenvalue weighted by molar-refractivity contribution is 0.108. The molecule has 0 aromatic heterocycles. The van der Waals surface area contributed by atoms with Crippen LogP contribution in [0.4, 0.5) is 5.69 Å². The lowest BCUT2D eigenvalue weighted by atomic mass is 10.0. The van der Waals surface area contributed by atoms with Crippen molar-refractivity contribution in [2.45, 2.75) is 37.7 Å². The van der Waals surface area contributed by atoms with E-state index in [1.807, 2.05) is 13.0 Å². The quantitative estimate of drug-likeness (QED) is 0.810. The van der Waals surface area contributed by atoms with Gasteiger partial charge in [0.1, 0.15) is 4.90 Å². The van der Waals surface area contributed by atoms with Crippen LogP contribution in [0.25, 0.3) is 0 Å². The maximum atomic E-state index is 12.3. The van der Waals surface area contributed by atoms with Gasteiger partial charge in [0.25, 0.3) is 0 Å². The van der Waals surface area contributed by atoms with Crippen molar-refractivity contribution in [2.24, 2.45) is 5.92 Å². The molecule has 21 heavy (non-hydrogen) atoms. The molecule has 2 rings (SSSR count). The van der Waals surface area contributed by atoms with Crippen molar-refractivity contribution in [3.63, 3.8) is 0 Å². The molecule has 1 aliphatic rings. The van der Waals surface area contributed by atoms with Crippen LogP contribution in [-0.2, 0) is 14.8 Å². The second-order valence-electron chi connectivity index (χ2n) is 5.40. The number of ether oxygens (including phenoxy) is 1. The maximum Gasteiger partial charge on any atom is 0.242 e. The van der Waals surface area contributed by atoms with Crippen LogP contribution in [0.2, 0.25) is 0 Å². The minimum atomic E-state index is -3.46. The molecule has 1 saturated heterocycles. The van der Waals surface area contributed by atoms with Gasteiger partial charge < -0.3 is 10.1 Å². The molecule has 1 heterocycles. The van der Waals surface area contributed by atoms with E-state index in [4.69, 9.17) is 4.74 Å². The second kappa shape index (κ2) is 7.24. The van der Waals surface area contributed by atoms with Crippen molar-refractivity contribution >= 4 is 15.7 Å². The van der Waals surface area contributed by atoms with Crippen LogP contribution in [0.3, 0.4) is 0 Å². The Labute approximate surface area is 127 Å². The van der Waals surface area contributed by atoms with Crippen LogP contribution in [-0.4, -0.2) is 34.2 Å². The molecule has 2 unspecified atom stereocenters. The molecular weight excluding hydrogens is 288 g/mol. The summed E-state index contributed by atoms with van der Waals surface area (Å²) in [5, 5.41) is 3.27. The molecule has 1 fully saturated rings. The molecule has 2 N–H and O–H groups in total. The van der Waals surface area contributed by atoms with Crippen LogP contribution >= 0.6 is 0 Å². The third-order valence-electron chi connectivity index (χ3n) is 3.81. The summed E-state index contributed by atoms with van der Waals surface area (Å²) in [6.45, 7) is 5.95. The lowest BCUT2D eigenvalue weighted by Crippen LogP contribution is -2.26. The number of hydrogen-bond donors (Lipinski definition) is 2. The Hall–Kier alpha value is -1.11. The van der Waals surface area contributed by atoms with Gasteiger partial charge in [0, 0.05) is 25.6 Å². The highest BCUT2D eigenvalue weighted by Crippen LogP contribution is 2.24. The van der Waals surface area contributed by atoms with E-state index < -0.39 is 10.0 Å². The van der Waals surface area contributed by atoms with E-state index in [1.165, 1.54) is 0 Å². The average Bonchev–Trinajstić information content (AvgIpc) is 2.88. The highest BCUT2D eigenvalue weighted by molar-refractivity contribution is 7.89. The van der Waals surface area contributed by atoms with Gasteiger partial charge in [0.2, 0.25) is 10.0 Å². The molecule has 2 atom stereocenters. The molecule has 1 aromatic rings. The first kappa shape index (κ1) is 16.3. The molecule has 0 saturated carbocycles. The molecule has 6 heteroatoms. The van der Waals surface area contributed by atoms with E-state index in [-0.39, 0.29) is 6.10 Å². The standard InChI is InChI=1S/C15H24N2O3S/c1-3-9-17-21(18,19)15-7-5-4-6-14(15)16-11-13-8-10-20-12(13)2/h4-7,12-13,16-17H,3,8-11H2,1-2H3. The Kier molecular flexibility index (Phi) is 5.61. The first-order chi connectivity index (χ1) is 10.0. The fourth-order valence-corrected chi connectivity index (χ4v) is 3.76. The van der Waals surface area contributed by atoms with Crippen LogP contribution in [0, 0.1) is 5.92 Å². The number of para-hydroxylation sites is 1. The fourth-order valence-electron chi connectivity index (χ4n) is 2.45. The summed E-state index contributed by atoms with van der Waals surface area (Å²) < 4.78 is 32.7. The van der Waals surface area contributed by atoms with Gasteiger partial charge in [-0.1, -0.05) is 19.1 Å². The summed E-state index contributed by atoms with van der Waals surface area (Å²) in [5.41, 5.74) is 0.653.